The van der Waals surface area contributed by atoms with Gasteiger partial charge in [-0.25, -0.2) is 0 Å². The second-order valence-electron chi connectivity index (χ2n) is 7.41. The van der Waals surface area contributed by atoms with Crippen LogP contribution in [0.1, 0.15) is 58.2 Å². The molecule has 0 aliphatic heterocycles. The topological polar surface area (TPSA) is 49.7 Å². The Bertz CT molecular complexity index is 466. The summed E-state index contributed by atoms with van der Waals surface area (Å²) < 4.78 is 5.71. The van der Waals surface area contributed by atoms with Crippen LogP contribution in [0.25, 0.3) is 0 Å². The molecule has 0 spiro atoms. The van der Waals surface area contributed by atoms with E-state index in [2.05, 4.69) is 20.8 Å². The number of aryl methyl sites for hydroxylation is 1. The van der Waals surface area contributed by atoms with E-state index in [4.69, 9.17) is 4.65 Å². The van der Waals surface area contributed by atoms with E-state index in [1.54, 1.807) is 39.0 Å². The van der Waals surface area contributed by atoms with Crippen molar-refractivity contribution in [2.45, 2.75) is 72.0 Å². The van der Waals surface area contributed by atoms with Gasteiger partial charge in [-0.05, 0) is 51.6 Å². The Morgan fingerprint density at radius 3 is 1.95 bits per heavy atom. The summed E-state index contributed by atoms with van der Waals surface area (Å²) in [4.78, 5) is 2.27. The molecular formula is C15H27BO3S. The Balaban J connectivity index is 3.00. The van der Waals surface area contributed by atoms with Gasteiger partial charge in [0.1, 0.15) is 0 Å². The fourth-order valence-corrected chi connectivity index (χ4v) is 2.70. The molecule has 20 heavy (non-hydrogen) atoms. The predicted molar refractivity (Wildman–Crippen MR) is 86.8 cm³/mol. The quantitative estimate of drug-likeness (QED) is 0.840. The lowest BCUT2D eigenvalue weighted by atomic mass is 9.76. The van der Waals surface area contributed by atoms with Crippen LogP contribution in [0.15, 0.2) is 6.07 Å². The van der Waals surface area contributed by atoms with E-state index >= 15 is 0 Å². The molecule has 0 fully saturated rings. The van der Waals surface area contributed by atoms with Crippen LogP contribution in [0.5, 0.6) is 0 Å². The molecule has 0 radical (unpaired) electrons. The van der Waals surface area contributed by atoms with Crippen LogP contribution in [0.2, 0.25) is 0 Å². The number of hydrogen-bond acceptors (Lipinski definition) is 4. The summed E-state index contributed by atoms with van der Waals surface area (Å²) in [6.45, 7) is 15.4. The molecule has 1 rings (SSSR count). The van der Waals surface area contributed by atoms with Crippen molar-refractivity contribution in [2.75, 3.05) is 0 Å². The van der Waals surface area contributed by atoms with Crippen LogP contribution in [-0.4, -0.2) is 28.5 Å². The van der Waals surface area contributed by atoms with E-state index in [9.17, 15) is 10.1 Å². The van der Waals surface area contributed by atoms with E-state index in [1.165, 1.54) is 4.88 Å². The van der Waals surface area contributed by atoms with Crippen LogP contribution < -0.4 is 5.46 Å². The molecule has 0 aromatic carbocycles. The standard InChI is InChI=1S/C15H27BO3S/c1-10-11(9-12(20-10)13(2,3)4)16(18)19-15(7,8)14(5,6)17/h9,17-18H,1-8H3. The van der Waals surface area contributed by atoms with Gasteiger partial charge in [0.05, 0.1) is 11.2 Å². The average molecular weight is 298 g/mol. The van der Waals surface area contributed by atoms with Crippen LogP contribution >= 0.6 is 11.3 Å². The highest BCUT2D eigenvalue weighted by Gasteiger charge is 2.40. The molecule has 0 amide bonds. The van der Waals surface area contributed by atoms with Gasteiger partial charge in [0.15, 0.2) is 0 Å². The molecule has 1 aromatic heterocycles. The van der Waals surface area contributed by atoms with Gasteiger partial charge in [-0.3, -0.25) is 0 Å². The summed E-state index contributed by atoms with van der Waals surface area (Å²) in [5, 5.41) is 20.5. The smallest absolute Gasteiger partial charge is 0.423 e. The summed E-state index contributed by atoms with van der Waals surface area (Å²) in [5.41, 5.74) is -1.04. The van der Waals surface area contributed by atoms with Gasteiger partial charge in [0.2, 0.25) is 0 Å². The summed E-state index contributed by atoms with van der Waals surface area (Å²) in [5.74, 6) is 0. The van der Waals surface area contributed by atoms with Crippen molar-refractivity contribution in [2.24, 2.45) is 0 Å². The van der Waals surface area contributed by atoms with Gasteiger partial charge in [-0.1, -0.05) is 20.8 Å². The van der Waals surface area contributed by atoms with Gasteiger partial charge in [0.25, 0.3) is 0 Å². The second-order valence-corrected chi connectivity index (χ2v) is 8.67. The minimum Gasteiger partial charge on any atom is -0.423 e. The van der Waals surface area contributed by atoms with E-state index < -0.39 is 18.3 Å². The molecule has 2 N–H and O–H groups in total. The van der Waals surface area contributed by atoms with Gasteiger partial charge in [0, 0.05) is 9.75 Å². The second kappa shape index (κ2) is 5.45. The first-order chi connectivity index (χ1) is 8.75. The summed E-state index contributed by atoms with van der Waals surface area (Å²) >= 11 is 1.68. The highest BCUT2D eigenvalue weighted by molar-refractivity contribution is 7.13. The third-order valence-corrected chi connectivity index (χ3v) is 5.33. The molecule has 1 aromatic rings. The van der Waals surface area contributed by atoms with Crippen LogP contribution in [0, 0.1) is 6.92 Å². The molecule has 3 nitrogen and oxygen atoms in total. The maximum absolute atomic E-state index is 10.4. The number of hydrogen-bond donors (Lipinski definition) is 2. The first-order valence-corrected chi connectivity index (χ1v) is 7.76. The molecule has 114 valence electrons. The largest absolute Gasteiger partial charge is 0.492 e. The number of rotatable bonds is 4. The Hall–Kier alpha value is -0.355. The maximum Gasteiger partial charge on any atom is 0.492 e. The Kier molecular flexibility index (Phi) is 4.82. The van der Waals surface area contributed by atoms with Crippen molar-refractivity contribution in [1.29, 1.82) is 0 Å². The Morgan fingerprint density at radius 1 is 1.10 bits per heavy atom. The van der Waals surface area contributed by atoms with E-state index in [-0.39, 0.29) is 5.41 Å². The van der Waals surface area contributed by atoms with E-state index in [0.717, 1.165) is 10.3 Å². The maximum atomic E-state index is 10.4. The van der Waals surface area contributed by atoms with Crippen molar-refractivity contribution in [3.8, 4) is 0 Å². The first-order valence-electron chi connectivity index (χ1n) is 6.95. The average Bonchev–Trinajstić information content (AvgIpc) is 2.57. The molecule has 0 aliphatic rings. The molecule has 5 heteroatoms. The lowest BCUT2D eigenvalue weighted by Crippen LogP contribution is -2.53. The zero-order valence-corrected chi connectivity index (χ0v) is 14.7. The minimum atomic E-state index is -1.04. The third kappa shape index (κ3) is 3.85. The Morgan fingerprint density at radius 2 is 1.60 bits per heavy atom. The monoisotopic (exact) mass is 298 g/mol. The van der Waals surface area contributed by atoms with Gasteiger partial charge < -0.3 is 14.8 Å². The predicted octanol–water partition coefficient (Wildman–Crippen LogP) is 2.61. The molecule has 0 aliphatic carbocycles. The number of thiophene rings is 1. The van der Waals surface area contributed by atoms with E-state index in [1.807, 2.05) is 13.0 Å². The summed E-state index contributed by atoms with van der Waals surface area (Å²) in [6.07, 6.45) is 0. The number of aliphatic hydroxyl groups is 1. The van der Waals surface area contributed by atoms with Crippen LogP contribution in [0.3, 0.4) is 0 Å². The zero-order valence-electron chi connectivity index (χ0n) is 13.9. The third-order valence-electron chi connectivity index (χ3n) is 3.84. The van der Waals surface area contributed by atoms with Gasteiger partial charge >= 0.3 is 7.12 Å². The van der Waals surface area contributed by atoms with Crippen molar-refractivity contribution in [1.82, 2.24) is 0 Å². The van der Waals surface area contributed by atoms with Crippen molar-refractivity contribution < 1.29 is 14.8 Å². The zero-order chi connectivity index (χ0) is 15.9. The minimum absolute atomic E-state index is 0.0547. The molecule has 1 heterocycles. The SMILES string of the molecule is Cc1sc(C(C)(C)C)cc1B(O)OC(C)(C)C(C)(C)O. The lowest BCUT2D eigenvalue weighted by Gasteiger charge is -2.38. The molecule has 0 saturated heterocycles. The van der Waals surface area contributed by atoms with Crippen LogP contribution in [0.4, 0.5) is 0 Å². The summed E-state index contributed by atoms with van der Waals surface area (Å²) in [6, 6.07) is 2.01. The van der Waals surface area contributed by atoms with Gasteiger partial charge in [-0.15, -0.1) is 11.3 Å². The molecule has 0 bridgehead atoms. The highest BCUT2D eigenvalue weighted by Crippen LogP contribution is 2.30. The molecule has 0 saturated carbocycles. The van der Waals surface area contributed by atoms with Crippen molar-refractivity contribution in [3.05, 3.63) is 15.8 Å². The molecular weight excluding hydrogens is 271 g/mol. The summed E-state index contributed by atoms with van der Waals surface area (Å²) in [7, 11) is -1.02. The lowest BCUT2D eigenvalue weighted by molar-refractivity contribution is -0.0982. The Labute approximate surface area is 127 Å². The highest BCUT2D eigenvalue weighted by atomic mass is 32.1. The fraction of sp³-hybridized carbons (Fsp3) is 0.733. The fourth-order valence-electron chi connectivity index (χ4n) is 1.60. The molecule has 0 unspecified atom stereocenters. The van der Waals surface area contributed by atoms with E-state index in [0.29, 0.717) is 0 Å². The van der Waals surface area contributed by atoms with Gasteiger partial charge in [-0.2, -0.15) is 0 Å². The van der Waals surface area contributed by atoms with Crippen LogP contribution in [-0.2, 0) is 10.1 Å². The molecule has 0 atom stereocenters. The first kappa shape index (κ1) is 17.7. The van der Waals surface area contributed by atoms with Crippen molar-refractivity contribution in [3.63, 3.8) is 0 Å². The normalized spacial score (nSPS) is 13.7. The van der Waals surface area contributed by atoms with Crippen molar-refractivity contribution >= 4 is 23.9 Å².